The zero-order valence-corrected chi connectivity index (χ0v) is 16.3. The molecule has 4 nitrogen and oxygen atoms in total. The average Bonchev–Trinajstić information content (AvgIpc) is 2.69. The number of halogens is 1. The van der Waals surface area contributed by atoms with Gasteiger partial charge < -0.3 is 10.6 Å². The minimum absolute atomic E-state index is 0. The molecular formula is C21H31ClN2O2. The Kier molecular flexibility index (Phi) is 7.66. The zero-order chi connectivity index (χ0) is 17.7. The fraction of sp³-hybridized carbons (Fsp3) is 0.619. The summed E-state index contributed by atoms with van der Waals surface area (Å²) in [6.45, 7) is 2.01. The van der Waals surface area contributed by atoms with Gasteiger partial charge in [0, 0.05) is 31.0 Å². The summed E-state index contributed by atoms with van der Waals surface area (Å²) >= 11 is 0. The Morgan fingerprint density at radius 3 is 2.23 bits per heavy atom. The summed E-state index contributed by atoms with van der Waals surface area (Å²) < 4.78 is 0. The van der Waals surface area contributed by atoms with Crippen LogP contribution in [0.4, 0.5) is 0 Å². The SMILES string of the molecule is Cl.NCC1(CC(=O)N2CCC(C(=O)c3ccccc3)CC2)CCCCC1. The maximum Gasteiger partial charge on any atom is 0.223 e. The molecule has 1 aliphatic heterocycles. The fourth-order valence-electron chi connectivity index (χ4n) is 4.42. The second-order valence-corrected chi connectivity index (χ2v) is 7.83. The fourth-order valence-corrected chi connectivity index (χ4v) is 4.42. The molecule has 2 N–H and O–H groups in total. The molecule has 1 aromatic rings. The van der Waals surface area contributed by atoms with E-state index in [-0.39, 0.29) is 35.4 Å². The van der Waals surface area contributed by atoms with Gasteiger partial charge in [-0.2, -0.15) is 0 Å². The zero-order valence-electron chi connectivity index (χ0n) is 15.5. The van der Waals surface area contributed by atoms with Gasteiger partial charge in [-0.15, -0.1) is 12.4 Å². The number of benzene rings is 1. The number of nitrogens with zero attached hydrogens (tertiary/aromatic N) is 1. The number of nitrogens with two attached hydrogens (primary N) is 1. The van der Waals surface area contributed by atoms with E-state index in [4.69, 9.17) is 5.73 Å². The molecule has 0 unspecified atom stereocenters. The molecule has 0 atom stereocenters. The number of Topliss-reactive ketones (excluding diaryl/α,β-unsaturated/α-hetero) is 1. The van der Waals surface area contributed by atoms with Gasteiger partial charge in [0.05, 0.1) is 0 Å². The van der Waals surface area contributed by atoms with Crippen LogP contribution in [0.3, 0.4) is 0 Å². The minimum atomic E-state index is 0. The lowest BCUT2D eigenvalue weighted by molar-refractivity contribution is -0.135. The van der Waals surface area contributed by atoms with E-state index in [0.717, 1.165) is 31.2 Å². The lowest BCUT2D eigenvalue weighted by Gasteiger charge is -2.39. The summed E-state index contributed by atoms with van der Waals surface area (Å²) in [6.07, 6.45) is 7.95. The second-order valence-electron chi connectivity index (χ2n) is 7.83. The topological polar surface area (TPSA) is 63.4 Å². The van der Waals surface area contributed by atoms with Crippen molar-refractivity contribution < 1.29 is 9.59 Å². The van der Waals surface area contributed by atoms with E-state index in [9.17, 15) is 9.59 Å². The summed E-state index contributed by atoms with van der Waals surface area (Å²) in [7, 11) is 0. The highest BCUT2D eigenvalue weighted by Crippen LogP contribution is 2.39. The third-order valence-electron chi connectivity index (χ3n) is 6.15. The van der Waals surface area contributed by atoms with Crippen molar-refractivity contribution in [1.29, 1.82) is 0 Å². The number of likely N-dealkylation sites (tertiary alicyclic amines) is 1. The molecule has 0 bridgehead atoms. The van der Waals surface area contributed by atoms with Crippen LogP contribution in [0.2, 0.25) is 0 Å². The maximum atomic E-state index is 12.8. The molecule has 2 fully saturated rings. The quantitative estimate of drug-likeness (QED) is 0.792. The van der Waals surface area contributed by atoms with Gasteiger partial charge in [-0.1, -0.05) is 49.6 Å². The molecule has 1 amide bonds. The summed E-state index contributed by atoms with van der Waals surface area (Å²) in [6, 6.07) is 9.50. The predicted molar refractivity (Wildman–Crippen MR) is 107 cm³/mol. The summed E-state index contributed by atoms with van der Waals surface area (Å²) in [5, 5.41) is 0. The number of rotatable bonds is 5. The maximum absolute atomic E-state index is 12.8. The van der Waals surface area contributed by atoms with E-state index in [0.29, 0.717) is 26.1 Å². The summed E-state index contributed by atoms with van der Waals surface area (Å²) in [4.78, 5) is 27.3. The van der Waals surface area contributed by atoms with Crippen LogP contribution in [-0.2, 0) is 4.79 Å². The second kappa shape index (κ2) is 9.52. The first-order chi connectivity index (χ1) is 12.1. The van der Waals surface area contributed by atoms with Crippen LogP contribution < -0.4 is 5.73 Å². The van der Waals surface area contributed by atoms with Crippen molar-refractivity contribution in [3.63, 3.8) is 0 Å². The Morgan fingerprint density at radius 1 is 1.04 bits per heavy atom. The molecule has 0 spiro atoms. The van der Waals surface area contributed by atoms with Crippen LogP contribution in [0.5, 0.6) is 0 Å². The Bertz CT molecular complexity index is 591. The lowest BCUT2D eigenvalue weighted by atomic mass is 9.71. The molecule has 1 aromatic carbocycles. The van der Waals surface area contributed by atoms with E-state index >= 15 is 0 Å². The van der Waals surface area contributed by atoms with Crippen molar-refractivity contribution in [1.82, 2.24) is 4.90 Å². The number of amides is 1. The van der Waals surface area contributed by atoms with Gasteiger partial charge >= 0.3 is 0 Å². The predicted octanol–water partition coefficient (Wildman–Crippen LogP) is 3.83. The van der Waals surface area contributed by atoms with Crippen LogP contribution in [0.1, 0.15) is 61.7 Å². The van der Waals surface area contributed by atoms with Crippen molar-refractivity contribution in [3.05, 3.63) is 35.9 Å². The van der Waals surface area contributed by atoms with E-state index in [1.807, 2.05) is 35.2 Å². The van der Waals surface area contributed by atoms with Crippen LogP contribution in [-0.4, -0.2) is 36.2 Å². The Morgan fingerprint density at radius 2 is 1.65 bits per heavy atom. The van der Waals surface area contributed by atoms with Gasteiger partial charge in [-0.3, -0.25) is 9.59 Å². The monoisotopic (exact) mass is 378 g/mol. The highest BCUT2D eigenvalue weighted by molar-refractivity contribution is 5.98. The highest BCUT2D eigenvalue weighted by Gasteiger charge is 2.36. The Hall–Kier alpha value is -1.39. The van der Waals surface area contributed by atoms with Crippen molar-refractivity contribution in [2.75, 3.05) is 19.6 Å². The molecule has 2 aliphatic rings. The Labute approximate surface area is 162 Å². The standard InChI is InChI=1S/C21H30N2O2.ClH/c22-16-21(11-5-2-6-12-21)15-19(24)23-13-9-18(10-14-23)20(25)17-7-3-1-4-8-17;/h1,3-4,7-8,18H,2,5-6,9-16,22H2;1H. The van der Waals surface area contributed by atoms with E-state index < -0.39 is 0 Å². The summed E-state index contributed by atoms with van der Waals surface area (Å²) in [5.41, 5.74) is 6.84. The third kappa shape index (κ3) is 4.86. The molecule has 1 saturated carbocycles. The van der Waals surface area contributed by atoms with Crippen molar-refractivity contribution in [2.45, 2.75) is 51.4 Å². The molecule has 1 heterocycles. The molecule has 3 rings (SSSR count). The first kappa shape index (κ1) is 20.9. The van der Waals surface area contributed by atoms with Gasteiger partial charge in [-0.25, -0.2) is 0 Å². The molecule has 1 saturated heterocycles. The highest BCUT2D eigenvalue weighted by atomic mass is 35.5. The van der Waals surface area contributed by atoms with Gasteiger partial charge in [0.15, 0.2) is 5.78 Å². The number of hydrogen-bond acceptors (Lipinski definition) is 3. The largest absolute Gasteiger partial charge is 0.343 e. The molecule has 144 valence electrons. The van der Waals surface area contributed by atoms with Crippen LogP contribution in [0, 0.1) is 11.3 Å². The van der Waals surface area contributed by atoms with Crippen LogP contribution in [0.25, 0.3) is 0 Å². The van der Waals surface area contributed by atoms with Gasteiger partial charge in [0.2, 0.25) is 5.91 Å². The number of carbonyl (C=O) groups is 2. The molecule has 0 aromatic heterocycles. The van der Waals surface area contributed by atoms with Crippen molar-refractivity contribution >= 4 is 24.1 Å². The van der Waals surface area contributed by atoms with Crippen LogP contribution in [0.15, 0.2) is 30.3 Å². The van der Waals surface area contributed by atoms with Gasteiger partial charge in [0.1, 0.15) is 0 Å². The molecular weight excluding hydrogens is 348 g/mol. The number of piperidine rings is 1. The van der Waals surface area contributed by atoms with E-state index in [1.165, 1.54) is 19.3 Å². The number of hydrogen-bond donors (Lipinski definition) is 1. The first-order valence-electron chi connectivity index (χ1n) is 9.71. The average molecular weight is 379 g/mol. The van der Waals surface area contributed by atoms with E-state index in [1.54, 1.807) is 0 Å². The first-order valence-corrected chi connectivity index (χ1v) is 9.71. The number of carbonyl (C=O) groups excluding carboxylic acids is 2. The van der Waals surface area contributed by atoms with Crippen LogP contribution >= 0.6 is 12.4 Å². The molecule has 0 radical (unpaired) electrons. The van der Waals surface area contributed by atoms with Gasteiger partial charge in [-0.05, 0) is 37.6 Å². The third-order valence-corrected chi connectivity index (χ3v) is 6.15. The van der Waals surface area contributed by atoms with Crippen molar-refractivity contribution in [2.24, 2.45) is 17.1 Å². The smallest absolute Gasteiger partial charge is 0.223 e. The lowest BCUT2D eigenvalue weighted by Crippen LogP contribution is -2.44. The summed E-state index contributed by atoms with van der Waals surface area (Å²) in [5.74, 6) is 0.501. The number of ketones is 1. The van der Waals surface area contributed by atoms with Crippen molar-refractivity contribution in [3.8, 4) is 0 Å². The minimum Gasteiger partial charge on any atom is -0.343 e. The van der Waals surface area contributed by atoms with E-state index in [2.05, 4.69) is 0 Å². The molecule has 1 aliphatic carbocycles. The Balaban J connectivity index is 0.00000243. The molecule has 5 heteroatoms. The molecule has 26 heavy (non-hydrogen) atoms. The normalized spacial score (nSPS) is 20.3. The van der Waals surface area contributed by atoms with Gasteiger partial charge in [0.25, 0.3) is 0 Å².